The molecular formula is C31H44N2O3S. The Kier molecular flexibility index (Phi) is 12.0. The van der Waals surface area contributed by atoms with Gasteiger partial charge < -0.3 is 15.7 Å². The maximum Gasteiger partial charge on any atom is 0.326 e. The van der Waals surface area contributed by atoms with Crippen molar-refractivity contribution >= 4 is 23.6 Å². The topological polar surface area (TPSA) is 78.4 Å². The number of amides is 1. The van der Waals surface area contributed by atoms with Gasteiger partial charge in [-0.2, -0.15) is 11.8 Å². The third-order valence-corrected chi connectivity index (χ3v) is 8.36. The van der Waals surface area contributed by atoms with Gasteiger partial charge in [0.05, 0.1) is 0 Å². The van der Waals surface area contributed by atoms with Crippen molar-refractivity contribution < 1.29 is 14.7 Å². The van der Waals surface area contributed by atoms with E-state index in [-0.39, 0.29) is 5.91 Å². The lowest BCUT2D eigenvalue weighted by Crippen LogP contribution is -2.41. The SMILES string of the molecule is CCC(CCC1CCCCC1)NCc1ccc(C(=O)NC(CCSC)C(=O)O)c(-c2ccccc2C)c1. The summed E-state index contributed by atoms with van der Waals surface area (Å²) in [5.41, 5.74) is 4.56. The van der Waals surface area contributed by atoms with Crippen LogP contribution in [-0.2, 0) is 11.3 Å². The lowest BCUT2D eigenvalue weighted by Gasteiger charge is -2.24. The van der Waals surface area contributed by atoms with Crippen LogP contribution in [0.3, 0.4) is 0 Å². The summed E-state index contributed by atoms with van der Waals surface area (Å²) in [5, 5.41) is 16.1. The number of rotatable bonds is 14. The number of hydrogen-bond acceptors (Lipinski definition) is 4. The minimum Gasteiger partial charge on any atom is -0.480 e. The van der Waals surface area contributed by atoms with Gasteiger partial charge in [0.15, 0.2) is 0 Å². The maximum atomic E-state index is 13.3. The second kappa shape index (κ2) is 15.2. The Hall–Kier alpha value is -2.31. The molecular weight excluding hydrogens is 480 g/mol. The Labute approximate surface area is 227 Å². The molecule has 2 aromatic carbocycles. The molecule has 1 aliphatic carbocycles. The molecule has 3 N–H and O–H groups in total. The van der Waals surface area contributed by atoms with E-state index < -0.39 is 12.0 Å². The fourth-order valence-corrected chi connectivity index (χ4v) is 5.82. The number of carboxylic acid groups (broad SMARTS) is 1. The summed E-state index contributed by atoms with van der Waals surface area (Å²) in [6.07, 6.45) is 12.9. The van der Waals surface area contributed by atoms with Crippen molar-refractivity contribution in [3.63, 3.8) is 0 Å². The summed E-state index contributed by atoms with van der Waals surface area (Å²) in [5.74, 6) is 0.219. The number of thioether (sulfide) groups is 1. The quantitative estimate of drug-likeness (QED) is 0.253. The second-order valence-electron chi connectivity index (χ2n) is 10.4. The van der Waals surface area contributed by atoms with Gasteiger partial charge in [0, 0.05) is 18.2 Å². The van der Waals surface area contributed by atoms with Crippen LogP contribution in [0.15, 0.2) is 42.5 Å². The van der Waals surface area contributed by atoms with E-state index in [0.717, 1.165) is 41.1 Å². The van der Waals surface area contributed by atoms with Crippen molar-refractivity contribution in [1.29, 1.82) is 0 Å². The summed E-state index contributed by atoms with van der Waals surface area (Å²) in [6, 6.07) is 13.6. The summed E-state index contributed by atoms with van der Waals surface area (Å²) < 4.78 is 0. The van der Waals surface area contributed by atoms with Crippen LogP contribution in [0.1, 0.15) is 86.2 Å². The third kappa shape index (κ3) is 8.89. The Morgan fingerprint density at radius 2 is 1.81 bits per heavy atom. The fourth-order valence-electron chi connectivity index (χ4n) is 5.35. The Balaban J connectivity index is 1.76. The van der Waals surface area contributed by atoms with Crippen molar-refractivity contribution in [2.45, 2.75) is 90.3 Å². The Bertz CT molecular complexity index is 1020. The average Bonchev–Trinajstić information content (AvgIpc) is 2.91. The minimum absolute atomic E-state index is 0.342. The highest BCUT2D eigenvalue weighted by Crippen LogP contribution is 2.30. The first-order chi connectivity index (χ1) is 17.9. The summed E-state index contributed by atoms with van der Waals surface area (Å²) in [4.78, 5) is 25.0. The van der Waals surface area contributed by atoms with Crippen LogP contribution in [0.5, 0.6) is 0 Å². The zero-order valence-corrected chi connectivity index (χ0v) is 23.5. The molecule has 0 spiro atoms. The number of carbonyl (C=O) groups is 2. The maximum absolute atomic E-state index is 13.3. The first-order valence-corrected chi connectivity index (χ1v) is 15.3. The van der Waals surface area contributed by atoms with Gasteiger partial charge in [-0.05, 0) is 84.9 Å². The molecule has 0 radical (unpaired) electrons. The van der Waals surface area contributed by atoms with Gasteiger partial charge in [0.2, 0.25) is 0 Å². The van der Waals surface area contributed by atoms with Crippen LogP contribution >= 0.6 is 11.8 Å². The van der Waals surface area contributed by atoms with Gasteiger partial charge in [-0.3, -0.25) is 4.79 Å². The molecule has 1 saturated carbocycles. The van der Waals surface area contributed by atoms with Gasteiger partial charge in [-0.1, -0.05) is 69.4 Å². The van der Waals surface area contributed by atoms with E-state index in [9.17, 15) is 14.7 Å². The molecule has 6 heteroatoms. The minimum atomic E-state index is -1.00. The van der Waals surface area contributed by atoms with Crippen LogP contribution in [0.25, 0.3) is 11.1 Å². The molecule has 37 heavy (non-hydrogen) atoms. The number of aryl methyl sites for hydroxylation is 1. The molecule has 1 amide bonds. The van der Waals surface area contributed by atoms with Crippen molar-refractivity contribution in [3.8, 4) is 11.1 Å². The van der Waals surface area contributed by atoms with E-state index in [1.54, 1.807) is 11.8 Å². The van der Waals surface area contributed by atoms with Gasteiger partial charge in [0.1, 0.15) is 6.04 Å². The summed E-state index contributed by atoms with van der Waals surface area (Å²) >= 11 is 1.57. The van der Waals surface area contributed by atoms with E-state index in [4.69, 9.17) is 0 Å². The van der Waals surface area contributed by atoms with Crippen LogP contribution in [0.2, 0.25) is 0 Å². The Morgan fingerprint density at radius 1 is 1.05 bits per heavy atom. The number of nitrogens with one attached hydrogen (secondary N) is 2. The highest BCUT2D eigenvalue weighted by molar-refractivity contribution is 7.98. The zero-order valence-electron chi connectivity index (χ0n) is 22.7. The highest BCUT2D eigenvalue weighted by atomic mass is 32.2. The third-order valence-electron chi connectivity index (χ3n) is 7.71. The Morgan fingerprint density at radius 3 is 2.49 bits per heavy atom. The van der Waals surface area contributed by atoms with Crippen LogP contribution in [0, 0.1) is 12.8 Å². The molecule has 0 aliphatic heterocycles. The molecule has 0 saturated heterocycles. The van der Waals surface area contributed by atoms with E-state index in [1.165, 1.54) is 44.9 Å². The fraction of sp³-hybridized carbons (Fsp3) is 0.548. The van der Waals surface area contributed by atoms with Crippen LogP contribution in [0.4, 0.5) is 0 Å². The first-order valence-electron chi connectivity index (χ1n) is 13.9. The molecule has 1 aliphatic rings. The van der Waals surface area contributed by atoms with Crippen molar-refractivity contribution in [1.82, 2.24) is 10.6 Å². The summed E-state index contributed by atoms with van der Waals surface area (Å²) in [7, 11) is 0. The van der Waals surface area contributed by atoms with Gasteiger partial charge in [-0.15, -0.1) is 0 Å². The zero-order chi connectivity index (χ0) is 26.6. The van der Waals surface area contributed by atoms with Gasteiger partial charge in [-0.25, -0.2) is 4.79 Å². The number of hydrogen-bond donors (Lipinski definition) is 3. The standard InChI is InChI=1S/C31H44N2O3S/c1-4-25(16-14-23-11-6-5-7-12-23)32-21-24-15-17-27(28(20-24)26-13-9-8-10-22(26)2)30(34)33-29(31(35)36)18-19-37-3/h8-10,13,15,17,20,23,25,29,32H,4-7,11-12,14,16,18-19,21H2,1-3H3,(H,33,34)(H,35,36). The average molecular weight is 525 g/mol. The lowest BCUT2D eigenvalue weighted by molar-refractivity contribution is -0.139. The molecule has 202 valence electrons. The van der Waals surface area contributed by atoms with Crippen molar-refractivity contribution in [2.75, 3.05) is 12.0 Å². The molecule has 3 rings (SSSR count). The normalized spacial score (nSPS) is 15.8. The van der Waals surface area contributed by atoms with Crippen molar-refractivity contribution in [2.24, 2.45) is 5.92 Å². The smallest absolute Gasteiger partial charge is 0.326 e. The number of carbonyl (C=O) groups excluding carboxylic acids is 1. The molecule has 0 aromatic heterocycles. The van der Waals surface area contributed by atoms with Gasteiger partial charge >= 0.3 is 5.97 Å². The molecule has 2 atom stereocenters. The van der Waals surface area contributed by atoms with Gasteiger partial charge in [0.25, 0.3) is 5.91 Å². The van der Waals surface area contributed by atoms with Crippen LogP contribution < -0.4 is 10.6 Å². The molecule has 0 heterocycles. The van der Waals surface area contributed by atoms with E-state index >= 15 is 0 Å². The molecule has 5 nitrogen and oxygen atoms in total. The van der Waals surface area contributed by atoms with E-state index in [1.807, 2.05) is 49.6 Å². The van der Waals surface area contributed by atoms with E-state index in [0.29, 0.717) is 23.8 Å². The largest absolute Gasteiger partial charge is 0.480 e. The lowest BCUT2D eigenvalue weighted by atomic mass is 9.85. The predicted molar refractivity (Wildman–Crippen MR) is 155 cm³/mol. The van der Waals surface area contributed by atoms with Crippen LogP contribution in [-0.4, -0.2) is 41.1 Å². The monoisotopic (exact) mass is 524 g/mol. The molecule has 2 unspecified atom stereocenters. The number of aliphatic carboxylic acids is 1. The second-order valence-corrected chi connectivity index (χ2v) is 11.4. The van der Waals surface area contributed by atoms with E-state index in [2.05, 4.69) is 23.6 Å². The number of carboxylic acids is 1. The molecule has 1 fully saturated rings. The number of benzene rings is 2. The highest BCUT2D eigenvalue weighted by Gasteiger charge is 2.23. The predicted octanol–water partition coefficient (Wildman–Crippen LogP) is 6.83. The first kappa shape index (κ1) is 29.2. The van der Waals surface area contributed by atoms with Crippen molar-refractivity contribution in [3.05, 3.63) is 59.2 Å². The molecule has 0 bridgehead atoms. The summed E-state index contributed by atoms with van der Waals surface area (Å²) in [6.45, 7) is 5.04. The molecule has 2 aromatic rings.